The first kappa shape index (κ1) is 20.4. The van der Waals surface area contributed by atoms with E-state index in [2.05, 4.69) is 47.4 Å². The van der Waals surface area contributed by atoms with E-state index < -0.39 is 11.2 Å². The van der Waals surface area contributed by atoms with Crippen molar-refractivity contribution >= 4 is 11.2 Å². The molecule has 1 saturated heterocycles. The van der Waals surface area contributed by atoms with Crippen LogP contribution in [0.25, 0.3) is 11.1 Å². The summed E-state index contributed by atoms with van der Waals surface area (Å²) < 4.78 is 23.3. The lowest BCUT2D eigenvalue weighted by molar-refractivity contribution is 0.170. The maximum absolute atomic E-state index is 11.8. The Labute approximate surface area is 187 Å². The van der Waals surface area contributed by atoms with Gasteiger partial charge in [-0.05, 0) is 71.0 Å². The van der Waals surface area contributed by atoms with Gasteiger partial charge >= 0.3 is 0 Å². The van der Waals surface area contributed by atoms with Crippen LogP contribution in [0.4, 0.5) is 0 Å². The van der Waals surface area contributed by atoms with E-state index in [0.717, 1.165) is 40.6 Å². The summed E-state index contributed by atoms with van der Waals surface area (Å²) in [5.74, 6) is 1.72. The van der Waals surface area contributed by atoms with Gasteiger partial charge in [-0.3, -0.25) is 4.90 Å². The summed E-state index contributed by atoms with van der Waals surface area (Å²) in [5.41, 5.74) is 4.88. The van der Waals surface area contributed by atoms with Crippen molar-refractivity contribution in [3.8, 4) is 22.6 Å². The Morgan fingerprint density at radius 1 is 0.935 bits per heavy atom. The normalized spacial score (nSPS) is 19.4. The van der Waals surface area contributed by atoms with Gasteiger partial charge in [0.15, 0.2) is 16.4 Å². The Kier molecular flexibility index (Phi) is 5.90. The highest BCUT2D eigenvalue weighted by Crippen LogP contribution is 2.38. The van der Waals surface area contributed by atoms with Crippen molar-refractivity contribution in [2.75, 3.05) is 26.0 Å². The van der Waals surface area contributed by atoms with E-state index in [-0.39, 0.29) is 0 Å². The molecule has 2 atom stereocenters. The molecular formula is C26H27NO3S. The van der Waals surface area contributed by atoms with Gasteiger partial charge in [-0.15, -0.1) is 0 Å². The van der Waals surface area contributed by atoms with E-state index in [1.54, 1.807) is 6.26 Å². The van der Waals surface area contributed by atoms with Crippen LogP contribution in [0.2, 0.25) is 0 Å². The van der Waals surface area contributed by atoms with Gasteiger partial charge in [0.05, 0.1) is 0 Å². The molecule has 2 aliphatic rings. The van der Waals surface area contributed by atoms with Crippen molar-refractivity contribution in [3.05, 3.63) is 77.9 Å². The molecule has 160 valence electrons. The van der Waals surface area contributed by atoms with Crippen molar-refractivity contribution in [1.82, 2.24) is 4.90 Å². The minimum atomic E-state index is -0.968. The number of hydrogen-bond acceptors (Lipinski definition) is 4. The summed E-state index contributed by atoms with van der Waals surface area (Å²) in [7, 11) is 0. The number of rotatable bonds is 5. The largest absolute Gasteiger partial charge is 0.612 e. The smallest absolute Gasteiger partial charge is 0.161 e. The standard InChI is InChI=1S/C26H27NO3S/c1-31(28)23-5-2-4-21(16-23)20-9-7-19(8-10-20)18-27-13-3-6-24(27)22-11-12-25-26(17-22)30-15-14-29-25/h2,4-5,7-12,16-17,24H,3,6,13-15,18H2,1H3. The first-order valence-corrected chi connectivity index (χ1v) is 12.4. The van der Waals surface area contributed by atoms with E-state index >= 15 is 0 Å². The van der Waals surface area contributed by atoms with Gasteiger partial charge in [0, 0.05) is 18.7 Å². The van der Waals surface area contributed by atoms with Crippen LogP contribution < -0.4 is 9.47 Å². The fourth-order valence-corrected chi connectivity index (χ4v) is 5.11. The molecule has 2 aliphatic heterocycles. The van der Waals surface area contributed by atoms with E-state index in [0.29, 0.717) is 19.3 Å². The molecule has 0 saturated carbocycles. The highest BCUT2D eigenvalue weighted by atomic mass is 32.2. The van der Waals surface area contributed by atoms with Gasteiger partial charge in [0.1, 0.15) is 19.5 Å². The Morgan fingerprint density at radius 3 is 2.55 bits per heavy atom. The third-order valence-electron chi connectivity index (χ3n) is 6.15. The second-order valence-electron chi connectivity index (χ2n) is 8.21. The highest BCUT2D eigenvalue weighted by molar-refractivity contribution is 7.90. The first-order chi connectivity index (χ1) is 15.2. The monoisotopic (exact) mass is 433 g/mol. The minimum Gasteiger partial charge on any atom is -0.612 e. The van der Waals surface area contributed by atoms with E-state index in [1.165, 1.54) is 24.0 Å². The molecule has 0 radical (unpaired) electrons. The van der Waals surface area contributed by atoms with Gasteiger partial charge < -0.3 is 14.0 Å². The fourth-order valence-electron chi connectivity index (χ4n) is 4.55. The topological polar surface area (TPSA) is 44.8 Å². The summed E-state index contributed by atoms with van der Waals surface area (Å²) in [6.07, 6.45) is 4.09. The number of hydrogen-bond donors (Lipinski definition) is 0. The summed E-state index contributed by atoms with van der Waals surface area (Å²) in [6.45, 7) is 3.27. The summed E-state index contributed by atoms with van der Waals surface area (Å²) in [5, 5.41) is 0. The van der Waals surface area contributed by atoms with Crippen LogP contribution in [0.5, 0.6) is 11.5 Å². The Morgan fingerprint density at radius 2 is 1.74 bits per heavy atom. The Hall–Kier alpha value is -2.47. The van der Waals surface area contributed by atoms with E-state index in [4.69, 9.17) is 9.47 Å². The predicted molar refractivity (Wildman–Crippen MR) is 124 cm³/mol. The van der Waals surface area contributed by atoms with Crippen LogP contribution in [0.1, 0.15) is 30.0 Å². The third kappa shape index (κ3) is 4.45. The summed E-state index contributed by atoms with van der Waals surface area (Å²) in [6, 6.07) is 23.5. The molecule has 31 heavy (non-hydrogen) atoms. The highest BCUT2D eigenvalue weighted by Gasteiger charge is 2.27. The average molecular weight is 434 g/mol. The maximum Gasteiger partial charge on any atom is 0.161 e. The zero-order chi connectivity index (χ0) is 21.2. The molecule has 4 nitrogen and oxygen atoms in total. The number of benzene rings is 3. The molecule has 2 unspecified atom stereocenters. The number of fused-ring (bicyclic) bond motifs is 1. The van der Waals surface area contributed by atoms with Gasteiger partial charge in [-0.25, -0.2) is 0 Å². The predicted octanol–water partition coefficient (Wildman–Crippen LogP) is 5.20. The van der Waals surface area contributed by atoms with Crippen LogP contribution in [0.15, 0.2) is 71.6 Å². The van der Waals surface area contributed by atoms with Crippen molar-refractivity contribution in [1.29, 1.82) is 0 Å². The molecule has 5 rings (SSSR count). The Bertz CT molecular complexity index is 1050. The quantitative estimate of drug-likeness (QED) is 0.519. The number of nitrogens with zero attached hydrogens (tertiary/aromatic N) is 1. The van der Waals surface area contributed by atoms with E-state index in [9.17, 15) is 4.55 Å². The average Bonchev–Trinajstić information content (AvgIpc) is 3.27. The molecule has 0 aliphatic carbocycles. The Balaban J connectivity index is 1.31. The SMILES string of the molecule is C[S+]([O-])c1cccc(-c2ccc(CN3CCCC3c3ccc4c(c3)OCCO4)cc2)c1. The molecule has 1 fully saturated rings. The molecule has 0 spiro atoms. The zero-order valence-electron chi connectivity index (χ0n) is 17.8. The molecule has 0 bridgehead atoms. The summed E-state index contributed by atoms with van der Waals surface area (Å²) in [4.78, 5) is 3.42. The lowest BCUT2D eigenvalue weighted by Gasteiger charge is -2.26. The molecule has 2 heterocycles. The second kappa shape index (κ2) is 8.95. The first-order valence-electron chi connectivity index (χ1n) is 10.8. The molecular weight excluding hydrogens is 406 g/mol. The van der Waals surface area contributed by atoms with Gasteiger partial charge in [0.25, 0.3) is 0 Å². The number of ether oxygens (including phenoxy) is 2. The fraction of sp³-hybridized carbons (Fsp3) is 0.308. The van der Waals surface area contributed by atoms with Crippen LogP contribution in [0.3, 0.4) is 0 Å². The number of likely N-dealkylation sites (tertiary alicyclic amines) is 1. The summed E-state index contributed by atoms with van der Waals surface area (Å²) >= 11 is -0.968. The van der Waals surface area contributed by atoms with Gasteiger partial charge in [-0.1, -0.05) is 42.5 Å². The van der Waals surface area contributed by atoms with Crippen molar-refractivity contribution in [2.24, 2.45) is 0 Å². The van der Waals surface area contributed by atoms with Crippen molar-refractivity contribution < 1.29 is 14.0 Å². The molecule has 5 heteroatoms. The lowest BCUT2D eigenvalue weighted by atomic mass is 10.0. The molecule has 0 aromatic heterocycles. The van der Waals surface area contributed by atoms with Crippen LogP contribution in [-0.2, 0) is 17.7 Å². The van der Waals surface area contributed by atoms with Crippen molar-refractivity contribution in [2.45, 2.75) is 30.3 Å². The van der Waals surface area contributed by atoms with E-state index in [1.807, 2.05) is 24.3 Å². The van der Waals surface area contributed by atoms with Gasteiger partial charge in [0.2, 0.25) is 0 Å². The zero-order valence-corrected chi connectivity index (χ0v) is 18.6. The molecule has 3 aromatic carbocycles. The second-order valence-corrected chi connectivity index (χ2v) is 9.59. The van der Waals surface area contributed by atoms with Crippen LogP contribution in [0, 0.1) is 0 Å². The van der Waals surface area contributed by atoms with Crippen LogP contribution >= 0.6 is 0 Å². The lowest BCUT2D eigenvalue weighted by Crippen LogP contribution is -2.23. The minimum absolute atomic E-state index is 0.409. The van der Waals surface area contributed by atoms with Crippen molar-refractivity contribution in [3.63, 3.8) is 0 Å². The third-order valence-corrected chi connectivity index (χ3v) is 7.07. The molecule has 0 amide bonds. The van der Waals surface area contributed by atoms with Gasteiger partial charge in [-0.2, -0.15) is 0 Å². The maximum atomic E-state index is 11.8. The molecule has 0 N–H and O–H groups in total. The molecule has 3 aromatic rings. The van der Waals surface area contributed by atoms with Crippen LogP contribution in [-0.4, -0.2) is 35.5 Å².